The van der Waals surface area contributed by atoms with Crippen LogP contribution in [-0.2, 0) is 17.6 Å². The Morgan fingerprint density at radius 2 is 1.93 bits per heavy atom. The van der Waals surface area contributed by atoms with E-state index >= 15 is 0 Å². The van der Waals surface area contributed by atoms with Gasteiger partial charge < -0.3 is 10.6 Å². The number of benzene rings is 1. The molecule has 0 radical (unpaired) electrons. The van der Waals surface area contributed by atoms with Crippen LogP contribution < -0.4 is 10.6 Å². The van der Waals surface area contributed by atoms with Crippen LogP contribution in [0.5, 0.6) is 0 Å². The van der Waals surface area contributed by atoms with E-state index < -0.39 is 0 Å². The summed E-state index contributed by atoms with van der Waals surface area (Å²) in [6.45, 7) is 1.42. The Morgan fingerprint density at radius 1 is 1.11 bits per heavy atom. The van der Waals surface area contributed by atoms with E-state index in [9.17, 15) is 9.59 Å². The van der Waals surface area contributed by atoms with Crippen molar-refractivity contribution >= 4 is 39.6 Å². The third kappa shape index (κ3) is 4.15. The molecule has 2 heterocycles. The lowest BCUT2D eigenvalue weighted by molar-refractivity contribution is -0.114. The van der Waals surface area contributed by atoms with Crippen LogP contribution in [0.2, 0.25) is 0 Å². The summed E-state index contributed by atoms with van der Waals surface area (Å²) in [5.74, 6) is -0.448. The minimum absolute atomic E-state index is 0.202. The molecule has 1 atom stereocenters. The zero-order valence-corrected chi connectivity index (χ0v) is 17.2. The molecule has 0 bridgehead atoms. The third-order valence-corrected chi connectivity index (χ3v) is 6.52. The largest absolute Gasteiger partial charge is 0.339 e. The first-order chi connectivity index (χ1) is 13.6. The first kappa shape index (κ1) is 18.8. The molecule has 2 N–H and O–H groups in total. The van der Waals surface area contributed by atoms with Crippen molar-refractivity contribution in [1.82, 2.24) is 10.3 Å². The number of fused-ring (bicyclic) bond motifs is 1. The number of aromatic nitrogens is 1. The number of anilines is 1. The van der Waals surface area contributed by atoms with Gasteiger partial charge in [-0.15, -0.1) is 22.7 Å². The van der Waals surface area contributed by atoms with E-state index in [0.717, 1.165) is 23.3 Å². The van der Waals surface area contributed by atoms with Crippen LogP contribution in [0.25, 0.3) is 0 Å². The lowest BCUT2D eigenvalue weighted by Gasteiger charge is -2.21. The van der Waals surface area contributed by atoms with Crippen LogP contribution in [0.15, 0.2) is 41.1 Å². The number of hydrogen-bond donors (Lipinski definition) is 2. The molecule has 0 saturated heterocycles. The van der Waals surface area contributed by atoms with Crippen molar-refractivity contribution in [3.8, 4) is 0 Å². The molecule has 144 valence electrons. The van der Waals surface area contributed by atoms with Gasteiger partial charge in [-0.05, 0) is 53.8 Å². The van der Waals surface area contributed by atoms with Crippen molar-refractivity contribution < 1.29 is 9.59 Å². The second-order valence-corrected chi connectivity index (χ2v) is 8.71. The molecule has 1 unspecified atom stereocenters. The fourth-order valence-electron chi connectivity index (χ4n) is 3.50. The van der Waals surface area contributed by atoms with Gasteiger partial charge in [0.15, 0.2) is 5.13 Å². The standard InChI is InChI=1S/C21H21N3O2S2/c1-13(25)22-21-23-17(12-28-21)20(26)24-19(18-7-4-10-27-18)16-9-8-14-5-2-3-6-15(14)11-16/h4,7-12,19H,2-3,5-6H2,1H3,(H,24,26)(H,22,23,25). The normalized spacial score (nSPS) is 14.2. The second-order valence-electron chi connectivity index (χ2n) is 6.88. The summed E-state index contributed by atoms with van der Waals surface area (Å²) in [7, 11) is 0. The van der Waals surface area contributed by atoms with Crippen molar-refractivity contribution in [1.29, 1.82) is 0 Å². The number of carbonyl (C=O) groups is 2. The molecule has 0 saturated carbocycles. The van der Waals surface area contributed by atoms with E-state index in [1.165, 1.54) is 42.2 Å². The van der Waals surface area contributed by atoms with Gasteiger partial charge in [0.25, 0.3) is 5.91 Å². The Balaban J connectivity index is 1.60. The van der Waals surface area contributed by atoms with Crippen molar-refractivity contribution in [2.75, 3.05) is 5.32 Å². The van der Waals surface area contributed by atoms with Gasteiger partial charge in [-0.3, -0.25) is 9.59 Å². The summed E-state index contributed by atoms with van der Waals surface area (Å²) in [6.07, 6.45) is 4.70. The number of aryl methyl sites for hydroxylation is 2. The van der Waals surface area contributed by atoms with Crippen molar-refractivity contribution in [3.05, 3.63) is 68.4 Å². The number of hydrogen-bond acceptors (Lipinski definition) is 5. The lowest BCUT2D eigenvalue weighted by Crippen LogP contribution is -2.29. The van der Waals surface area contributed by atoms with Gasteiger partial charge in [-0.1, -0.05) is 24.3 Å². The predicted molar refractivity (Wildman–Crippen MR) is 113 cm³/mol. The third-order valence-electron chi connectivity index (χ3n) is 4.83. The van der Waals surface area contributed by atoms with E-state index in [-0.39, 0.29) is 17.9 Å². The number of amides is 2. The summed E-state index contributed by atoms with van der Waals surface area (Å²) in [5, 5.41) is 9.86. The van der Waals surface area contributed by atoms with Gasteiger partial charge >= 0.3 is 0 Å². The Labute approximate surface area is 171 Å². The maximum absolute atomic E-state index is 12.8. The van der Waals surface area contributed by atoms with Gasteiger partial charge in [0.2, 0.25) is 5.91 Å². The quantitative estimate of drug-likeness (QED) is 0.646. The molecule has 5 nitrogen and oxygen atoms in total. The first-order valence-electron chi connectivity index (χ1n) is 9.29. The number of thiophene rings is 1. The summed E-state index contributed by atoms with van der Waals surface area (Å²) >= 11 is 2.87. The van der Waals surface area contributed by atoms with E-state index in [2.05, 4.69) is 33.8 Å². The first-order valence-corrected chi connectivity index (χ1v) is 11.0. The maximum atomic E-state index is 12.8. The van der Waals surface area contributed by atoms with Crippen LogP contribution >= 0.6 is 22.7 Å². The highest BCUT2D eigenvalue weighted by molar-refractivity contribution is 7.14. The molecular weight excluding hydrogens is 390 g/mol. The minimum atomic E-state index is -0.246. The summed E-state index contributed by atoms with van der Waals surface area (Å²) in [5.41, 5.74) is 4.22. The predicted octanol–water partition coefficient (Wildman–Crippen LogP) is 4.56. The highest BCUT2D eigenvalue weighted by Crippen LogP contribution is 2.30. The van der Waals surface area contributed by atoms with Crippen LogP contribution in [0.3, 0.4) is 0 Å². The molecule has 3 aromatic rings. The molecule has 28 heavy (non-hydrogen) atoms. The van der Waals surface area contributed by atoms with Crippen LogP contribution in [0.1, 0.15) is 57.9 Å². The number of rotatable bonds is 5. The van der Waals surface area contributed by atoms with E-state index in [0.29, 0.717) is 10.8 Å². The molecule has 4 rings (SSSR count). The van der Waals surface area contributed by atoms with E-state index in [1.807, 2.05) is 17.5 Å². The fraction of sp³-hybridized carbons (Fsp3) is 0.286. The van der Waals surface area contributed by atoms with Gasteiger partial charge in [0, 0.05) is 17.2 Å². The molecule has 1 aliphatic carbocycles. The van der Waals surface area contributed by atoms with Gasteiger partial charge in [0.1, 0.15) is 5.69 Å². The van der Waals surface area contributed by atoms with Crippen molar-refractivity contribution in [2.45, 2.75) is 38.6 Å². The number of nitrogens with one attached hydrogen (secondary N) is 2. The lowest BCUT2D eigenvalue weighted by atomic mass is 9.89. The summed E-state index contributed by atoms with van der Waals surface area (Å²) in [4.78, 5) is 29.3. The summed E-state index contributed by atoms with van der Waals surface area (Å²) in [6, 6.07) is 10.4. The maximum Gasteiger partial charge on any atom is 0.271 e. The average molecular weight is 412 g/mol. The van der Waals surface area contributed by atoms with E-state index in [1.54, 1.807) is 16.7 Å². The van der Waals surface area contributed by atoms with Crippen LogP contribution in [0, 0.1) is 0 Å². The second kappa shape index (κ2) is 8.24. The Kier molecular flexibility index (Phi) is 5.54. The zero-order valence-electron chi connectivity index (χ0n) is 15.5. The van der Waals surface area contributed by atoms with Crippen molar-refractivity contribution in [2.24, 2.45) is 0 Å². The average Bonchev–Trinajstić information content (AvgIpc) is 3.37. The molecule has 2 amide bonds. The topological polar surface area (TPSA) is 71.1 Å². The van der Waals surface area contributed by atoms with E-state index in [4.69, 9.17) is 0 Å². The molecule has 1 aromatic carbocycles. The Bertz CT molecular complexity index is 995. The van der Waals surface area contributed by atoms with Crippen molar-refractivity contribution in [3.63, 3.8) is 0 Å². The smallest absolute Gasteiger partial charge is 0.271 e. The van der Waals surface area contributed by atoms with Gasteiger partial charge in [0.05, 0.1) is 6.04 Å². The number of nitrogens with zero attached hydrogens (tertiary/aromatic N) is 1. The molecule has 0 aliphatic heterocycles. The molecule has 7 heteroatoms. The van der Waals surface area contributed by atoms with Crippen LogP contribution in [0.4, 0.5) is 5.13 Å². The molecule has 2 aromatic heterocycles. The Hall–Kier alpha value is -2.51. The fourth-order valence-corrected chi connectivity index (χ4v) is 5.04. The molecule has 1 aliphatic rings. The minimum Gasteiger partial charge on any atom is -0.339 e. The summed E-state index contributed by atoms with van der Waals surface area (Å²) < 4.78 is 0. The molecular formula is C21H21N3O2S2. The van der Waals surface area contributed by atoms with Gasteiger partial charge in [-0.2, -0.15) is 0 Å². The number of thiazole rings is 1. The SMILES string of the molecule is CC(=O)Nc1nc(C(=O)NC(c2ccc3c(c2)CCCC3)c2cccs2)cs1. The number of carbonyl (C=O) groups excluding carboxylic acids is 2. The molecule has 0 spiro atoms. The monoisotopic (exact) mass is 411 g/mol. The van der Waals surface area contributed by atoms with Crippen LogP contribution in [-0.4, -0.2) is 16.8 Å². The zero-order chi connectivity index (χ0) is 19.5. The Morgan fingerprint density at radius 3 is 2.68 bits per heavy atom. The highest BCUT2D eigenvalue weighted by Gasteiger charge is 2.22. The van der Waals surface area contributed by atoms with Gasteiger partial charge in [-0.25, -0.2) is 4.98 Å². The highest BCUT2D eigenvalue weighted by atomic mass is 32.1. The molecule has 0 fully saturated rings.